The maximum atomic E-state index is 10.9. The van der Waals surface area contributed by atoms with Crippen LogP contribution in [-0.4, -0.2) is 30.4 Å². The van der Waals surface area contributed by atoms with Gasteiger partial charge < -0.3 is 14.6 Å². The van der Waals surface area contributed by atoms with Crippen LogP contribution < -0.4 is 15.0 Å². The number of nitrogens with one attached hydrogen (secondary N) is 1. The summed E-state index contributed by atoms with van der Waals surface area (Å²) < 4.78 is 11.4. The minimum atomic E-state index is -0.979. The fourth-order valence-corrected chi connectivity index (χ4v) is 2.90. The molecule has 1 unspecified atom stereocenters. The van der Waals surface area contributed by atoms with Crippen LogP contribution >= 0.6 is 0 Å². The van der Waals surface area contributed by atoms with Crippen molar-refractivity contribution in [1.82, 2.24) is 5.48 Å². The molecule has 6 heteroatoms. The molecule has 2 N–H and O–H groups in total. The quantitative estimate of drug-likeness (QED) is 0.869. The molecule has 0 saturated heterocycles. The number of benzene rings is 1. The SMILES string of the molecule is COc1ccc(C2=CCC(C(=O)O)ON2)cc1OC1CCCC1. The van der Waals surface area contributed by atoms with E-state index in [1.165, 1.54) is 12.8 Å². The Morgan fingerprint density at radius 2 is 2.09 bits per heavy atom. The first-order valence-corrected chi connectivity index (χ1v) is 7.87. The summed E-state index contributed by atoms with van der Waals surface area (Å²) in [7, 11) is 1.62. The summed E-state index contributed by atoms with van der Waals surface area (Å²) in [6.45, 7) is 0. The molecule has 23 heavy (non-hydrogen) atoms. The lowest BCUT2D eigenvalue weighted by molar-refractivity contribution is -0.154. The van der Waals surface area contributed by atoms with Crippen molar-refractivity contribution in [2.45, 2.75) is 44.3 Å². The molecule has 1 aromatic carbocycles. The first-order valence-electron chi connectivity index (χ1n) is 7.87. The number of carbonyl (C=O) groups is 1. The number of methoxy groups -OCH3 is 1. The summed E-state index contributed by atoms with van der Waals surface area (Å²) in [6, 6.07) is 5.65. The van der Waals surface area contributed by atoms with Gasteiger partial charge in [0.05, 0.1) is 18.9 Å². The standard InChI is InChI=1S/C17H21NO5/c1-21-14-8-6-11(10-16(14)22-12-4-2-3-5-12)13-7-9-15(17(19)20)23-18-13/h6-8,10,12,15,18H,2-5,9H2,1H3,(H,19,20). The molecule has 3 rings (SSSR count). The average molecular weight is 319 g/mol. The minimum Gasteiger partial charge on any atom is -0.493 e. The normalized spacial score (nSPS) is 21.4. The van der Waals surface area contributed by atoms with E-state index in [4.69, 9.17) is 19.4 Å². The predicted molar refractivity (Wildman–Crippen MR) is 84.1 cm³/mol. The first kappa shape index (κ1) is 15.7. The molecule has 1 fully saturated rings. The molecule has 1 atom stereocenters. The Kier molecular flexibility index (Phi) is 4.71. The third-order valence-electron chi connectivity index (χ3n) is 4.19. The minimum absolute atomic E-state index is 0.236. The first-order chi connectivity index (χ1) is 11.2. The number of hydroxylamine groups is 1. The van der Waals surface area contributed by atoms with Crippen LogP contribution in [0.2, 0.25) is 0 Å². The summed E-state index contributed by atoms with van der Waals surface area (Å²) in [5.41, 5.74) is 4.32. The predicted octanol–water partition coefficient (Wildman–Crippen LogP) is 2.74. The molecule has 1 saturated carbocycles. The average Bonchev–Trinajstić information content (AvgIpc) is 3.08. The van der Waals surface area contributed by atoms with E-state index in [0.29, 0.717) is 17.9 Å². The molecule has 1 aliphatic carbocycles. The molecule has 0 amide bonds. The van der Waals surface area contributed by atoms with Gasteiger partial charge in [-0.3, -0.25) is 10.3 Å². The molecule has 0 aromatic heterocycles. The van der Waals surface area contributed by atoms with Crippen LogP contribution in [0.25, 0.3) is 5.70 Å². The van der Waals surface area contributed by atoms with E-state index < -0.39 is 12.1 Å². The van der Waals surface area contributed by atoms with Crippen LogP contribution in [0.15, 0.2) is 24.3 Å². The molecule has 1 aliphatic heterocycles. The number of hydrogen-bond donors (Lipinski definition) is 2. The van der Waals surface area contributed by atoms with Gasteiger partial charge in [0.1, 0.15) is 0 Å². The number of rotatable bonds is 5. The molecule has 124 valence electrons. The van der Waals surface area contributed by atoms with Gasteiger partial charge in [-0.25, -0.2) is 4.79 Å². The monoisotopic (exact) mass is 319 g/mol. The Hall–Kier alpha value is -2.21. The molecular weight excluding hydrogens is 298 g/mol. The van der Waals surface area contributed by atoms with Crippen molar-refractivity contribution < 1.29 is 24.2 Å². The van der Waals surface area contributed by atoms with E-state index in [2.05, 4.69) is 5.48 Å². The second-order valence-corrected chi connectivity index (χ2v) is 5.79. The molecule has 0 bridgehead atoms. The van der Waals surface area contributed by atoms with E-state index in [-0.39, 0.29) is 6.10 Å². The molecule has 6 nitrogen and oxygen atoms in total. The van der Waals surface area contributed by atoms with Gasteiger partial charge in [0.2, 0.25) is 0 Å². The third-order valence-corrected chi connectivity index (χ3v) is 4.19. The number of hydrogen-bond acceptors (Lipinski definition) is 5. The lowest BCUT2D eigenvalue weighted by atomic mass is 10.1. The van der Waals surface area contributed by atoms with Crippen molar-refractivity contribution in [1.29, 1.82) is 0 Å². The van der Waals surface area contributed by atoms with Gasteiger partial charge in [-0.15, -0.1) is 0 Å². The van der Waals surface area contributed by atoms with Crippen LogP contribution in [0.1, 0.15) is 37.7 Å². The Morgan fingerprint density at radius 1 is 1.30 bits per heavy atom. The zero-order chi connectivity index (χ0) is 16.2. The highest BCUT2D eigenvalue weighted by Crippen LogP contribution is 2.34. The van der Waals surface area contributed by atoms with Crippen molar-refractivity contribution in [3.05, 3.63) is 29.8 Å². The number of carboxylic acid groups (broad SMARTS) is 1. The smallest absolute Gasteiger partial charge is 0.335 e. The summed E-state index contributed by atoms with van der Waals surface area (Å²) in [5.74, 6) is 0.425. The summed E-state index contributed by atoms with van der Waals surface area (Å²) in [5, 5.41) is 8.94. The fraction of sp³-hybridized carbons (Fsp3) is 0.471. The maximum absolute atomic E-state index is 10.9. The lowest BCUT2D eigenvalue weighted by Crippen LogP contribution is -2.33. The highest BCUT2D eigenvalue weighted by Gasteiger charge is 2.23. The Balaban J connectivity index is 1.79. The lowest BCUT2D eigenvalue weighted by Gasteiger charge is -2.22. The molecule has 0 spiro atoms. The second-order valence-electron chi connectivity index (χ2n) is 5.79. The van der Waals surface area contributed by atoms with Crippen molar-refractivity contribution in [3.8, 4) is 11.5 Å². The largest absolute Gasteiger partial charge is 0.493 e. The molecule has 2 aliphatic rings. The number of carboxylic acids is 1. The summed E-state index contributed by atoms with van der Waals surface area (Å²) >= 11 is 0. The highest BCUT2D eigenvalue weighted by molar-refractivity contribution is 5.75. The van der Waals surface area contributed by atoms with Crippen LogP contribution in [0.5, 0.6) is 11.5 Å². The van der Waals surface area contributed by atoms with Crippen molar-refractivity contribution in [3.63, 3.8) is 0 Å². The van der Waals surface area contributed by atoms with Gasteiger partial charge in [0.15, 0.2) is 17.6 Å². The Labute approximate surface area is 135 Å². The highest BCUT2D eigenvalue weighted by atomic mass is 16.7. The molecular formula is C17H21NO5. The topological polar surface area (TPSA) is 77.0 Å². The molecule has 1 heterocycles. The summed E-state index contributed by atoms with van der Waals surface area (Å²) in [6.07, 6.45) is 6.06. The van der Waals surface area contributed by atoms with Crippen molar-refractivity contribution >= 4 is 11.7 Å². The van der Waals surface area contributed by atoms with E-state index in [1.807, 2.05) is 24.3 Å². The number of ether oxygens (including phenoxy) is 2. The molecule has 0 radical (unpaired) electrons. The van der Waals surface area contributed by atoms with Gasteiger partial charge in [-0.1, -0.05) is 6.08 Å². The van der Waals surface area contributed by atoms with Crippen molar-refractivity contribution in [2.75, 3.05) is 7.11 Å². The second kappa shape index (κ2) is 6.91. The van der Waals surface area contributed by atoms with Crippen LogP contribution in [0.3, 0.4) is 0 Å². The van der Waals surface area contributed by atoms with E-state index in [1.54, 1.807) is 7.11 Å². The van der Waals surface area contributed by atoms with E-state index in [9.17, 15) is 4.79 Å². The van der Waals surface area contributed by atoms with Crippen LogP contribution in [0.4, 0.5) is 0 Å². The molecule has 1 aromatic rings. The van der Waals surface area contributed by atoms with Crippen LogP contribution in [0, 0.1) is 0 Å². The Bertz CT molecular complexity index is 607. The van der Waals surface area contributed by atoms with Gasteiger partial charge in [0, 0.05) is 12.0 Å². The van der Waals surface area contributed by atoms with Gasteiger partial charge in [-0.05, 0) is 43.9 Å². The zero-order valence-electron chi connectivity index (χ0n) is 13.1. The van der Waals surface area contributed by atoms with Crippen molar-refractivity contribution in [2.24, 2.45) is 0 Å². The number of aliphatic carboxylic acids is 1. The van der Waals surface area contributed by atoms with E-state index in [0.717, 1.165) is 24.1 Å². The van der Waals surface area contributed by atoms with Gasteiger partial charge in [0.25, 0.3) is 0 Å². The zero-order valence-corrected chi connectivity index (χ0v) is 13.1. The fourth-order valence-electron chi connectivity index (χ4n) is 2.90. The van der Waals surface area contributed by atoms with Gasteiger partial charge >= 0.3 is 5.97 Å². The van der Waals surface area contributed by atoms with E-state index >= 15 is 0 Å². The third kappa shape index (κ3) is 3.59. The summed E-state index contributed by atoms with van der Waals surface area (Å²) in [4.78, 5) is 16.0. The van der Waals surface area contributed by atoms with Gasteiger partial charge in [-0.2, -0.15) is 0 Å². The Morgan fingerprint density at radius 3 is 2.70 bits per heavy atom. The maximum Gasteiger partial charge on any atom is 0.335 e. The van der Waals surface area contributed by atoms with Crippen LogP contribution in [-0.2, 0) is 9.63 Å².